The molecule has 0 aliphatic carbocycles. The van der Waals surface area contributed by atoms with Crippen molar-refractivity contribution in [1.82, 2.24) is 9.97 Å². The smallest absolute Gasteiger partial charge is 0.353 e. The van der Waals surface area contributed by atoms with E-state index >= 15 is 0 Å². The molecule has 2 aliphatic rings. The summed E-state index contributed by atoms with van der Waals surface area (Å²) in [5.74, 6) is 1.68. The number of rotatable bonds is 7. The Kier molecular flexibility index (Phi) is 4.88. The second kappa shape index (κ2) is 7.62. The van der Waals surface area contributed by atoms with Crippen LogP contribution in [0.15, 0.2) is 24.5 Å². The van der Waals surface area contributed by atoms with Crippen molar-refractivity contribution >= 4 is 17.3 Å². The number of nitrogens with one attached hydrogen (secondary N) is 2. The van der Waals surface area contributed by atoms with E-state index in [1.807, 2.05) is 18.2 Å². The molecule has 1 saturated heterocycles. The highest BCUT2D eigenvalue weighted by Gasteiger charge is 2.24. The van der Waals surface area contributed by atoms with Gasteiger partial charge in [-0.3, -0.25) is 10.1 Å². The Labute approximate surface area is 155 Å². The molecule has 2 aliphatic heterocycles. The zero-order valence-electron chi connectivity index (χ0n) is 14.5. The van der Waals surface area contributed by atoms with Gasteiger partial charge in [0.05, 0.1) is 11.0 Å². The van der Waals surface area contributed by atoms with E-state index in [0.29, 0.717) is 24.6 Å². The average molecular weight is 373 g/mol. The normalized spacial score (nSPS) is 17.7. The lowest BCUT2D eigenvalue weighted by Gasteiger charge is -2.13. The first kappa shape index (κ1) is 17.3. The largest absolute Gasteiger partial charge is 0.454 e. The highest BCUT2D eigenvalue weighted by Crippen LogP contribution is 2.33. The number of nitrogens with zero attached hydrogens (tertiary/aromatic N) is 3. The van der Waals surface area contributed by atoms with Crippen molar-refractivity contribution in [3.8, 4) is 11.5 Å². The molecule has 142 valence electrons. The minimum atomic E-state index is -0.486. The topological polar surface area (TPSA) is 121 Å². The molecule has 0 saturated carbocycles. The molecule has 1 unspecified atom stereocenters. The lowest BCUT2D eigenvalue weighted by molar-refractivity contribution is -0.383. The summed E-state index contributed by atoms with van der Waals surface area (Å²) < 4.78 is 16.2. The van der Waals surface area contributed by atoms with Gasteiger partial charge in [-0.1, -0.05) is 6.07 Å². The predicted octanol–water partition coefficient (Wildman–Crippen LogP) is 2.32. The van der Waals surface area contributed by atoms with Crippen LogP contribution in [0.5, 0.6) is 11.5 Å². The molecule has 10 nitrogen and oxygen atoms in total. The Balaban J connectivity index is 1.47. The number of anilines is 2. The molecular weight excluding hydrogens is 354 g/mol. The first-order valence-corrected chi connectivity index (χ1v) is 8.68. The van der Waals surface area contributed by atoms with Crippen LogP contribution >= 0.6 is 0 Å². The van der Waals surface area contributed by atoms with Crippen LogP contribution in [-0.4, -0.2) is 40.9 Å². The van der Waals surface area contributed by atoms with Gasteiger partial charge in [0, 0.05) is 19.7 Å². The van der Waals surface area contributed by atoms with E-state index in [1.54, 1.807) is 0 Å². The van der Waals surface area contributed by atoms with Gasteiger partial charge in [-0.05, 0) is 30.5 Å². The molecule has 2 N–H and O–H groups in total. The molecule has 4 rings (SSSR count). The Bertz CT molecular complexity index is 840. The summed E-state index contributed by atoms with van der Waals surface area (Å²) in [6, 6.07) is 5.51. The predicted molar refractivity (Wildman–Crippen MR) is 96.0 cm³/mol. The van der Waals surface area contributed by atoms with Crippen LogP contribution in [0, 0.1) is 10.1 Å². The Morgan fingerprint density at radius 3 is 2.78 bits per heavy atom. The fourth-order valence-electron chi connectivity index (χ4n) is 3.06. The highest BCUT2D eigenvalue weighted by molar-refractivity contribution is 5.69. The second-order valence-corrected chi connectivity index (χ2v) is 6.23. The average Bonchev–Trinajstić information content (AvgIpc) is 3.35. The van der Waals surface area contributed by atoms with Crippen LogP contribution in [0.3, 0.4) is 0 Å². The zero-order chi connectivity index (χ0) is 18.6. The van der Waals surface area contributed by atoms with Crippen LogP contribution in [0.4, 0.5) is 17.3 Å². The molecule has 1 aromatic heterocycles. The van der Waals surface area contributed by atoms with Crippen molar-refractivity contribution in [2.24, 2.45) is 0 Å². The van der Waals surface area contributed by atoms with Gasteiger partial charge < -0.3 is 24.8 Å². The van der Waals surface area contributed by atoms with Crippen molar-refractivity contribution in [1.29, 1.82) is 0 Å². The molecule has 0 spiro atoms. The SMILES string of the molecule is O=[N+]([O-])c1c(NCc2ccc3c(c2)OCO3)ncnc1NCC1CCCO1. The molecular formula is C17H19N5O5. The third kappa shape index (κ3) is 3.85. The summed E-state index contributed by atoms with van der Waals surface area (Å²) in [6.45, 7) is 1.74. The van der Waals surface area contributed by atoms with E-state index in [2.05, 4.69) is 20.6 Å². The first-order valence-electron chi connectivity index (χ1n) is 8.68. The Hall–Kier alpha value is -3.14. The summed E-state index contributed by atoms with van der Waals surface area (Å²) in [7, 11) is 0. The fourth-order valence-corrected chi connectivity index (χ4v) is 3.06. The molecule has 0 amide bonds. The zero-order valence-corrected chi connectivity index (χ0v) is 14.5. The van der Waals surface area contributed by atoms with Gasteiger partial charge in [0.2, 0.25) is 18.4 Å². The molecule has 3 heterocycles. The van der Waals surface area contributed by atoms with Gasteiger partial charge in [0.15, 0.2) is 11.5 Å². The number of ether oxygens (including phenoxy) is 3. The molecule has 2 aromatic rings. The third-order valence-electron chi connectivity index (χ3n) is 4.42. The van der Waals surface area contributed by atoms with Crippen LogP contribution in [0.25, 0.3) is 0 Å². The van der Waals surface area contributed by atoms with Crippen molar-refractivity contribution in [2.45, 2.75) is 25.5 Å². The van der Waals surface area contributed by atoms with Crippen molar-refractivity contribution in [3.63, 3.8) is 0 Å². The van der Waals surface area contributed by atoms with E-state index in [4.69, 9.17) is 14.2 Å². The van der Waals surface area contributed by atoms with E-state index in [9.17, 15) is 10.1 Å². The minimum Gasteiger partial charge on any atom is -0.454 e. The molecule has 1 fully saturated rings. The Morgan fingerprint density at radius 2 is 2.00 bits per heavy atom. The van der Waals surface area contributed by atoms with Crippen LogP contribution in [0.1, 0.15) is 18.4 Å². The number of hydrogen-bond donors (Lipinski definition) is 2. The van der Waals surface area contributed by atoms with Gasteiger partial charge in [-0.2, -0.15) is 0 Å². The standard InChI is InChI=1S/C17H19N5O5/c23-22(24)15-16(18-7-11-3-4-13-14(6-11)27-10-26-13)20-9-21-17(15)19-8-12-2-1-5-25-12/h3-4,6,9,12H,1-2,5,7-8,10H2,(H2,18,19,20,21). The molecule has 1 atom stereocenters. The number of hydrogen-bond acceptors (Lipinski definition) is 9. The monoisotopic (exact) mass is 373 g/mol. The summed E-state index contributed by atoms with van der Waals surface area (Å²) in [6.07, 6.45) is 3.28. The molecule has 27 heavy (non-hydrogen) atoms. The molecule has 10 heteroatoms. The van der Waals surface area contributed by atoms with E-state index < -0.39 is 4.92 Å². The number of benzene rings is 1. The maximum atomic E-state index is 11.6. The van der Waals surface area contributed by atoms with Crippen molar-refractivity contribution in [2.75, 3.05) is 30.6 Å². The molecule has 0 radical (unpaired) electrons. The van der Waals surface area contributed by atoms with Crippen LogP contribution < -0.4 is 20.1 Å². The fraction of sp³-hybridized carbons (Fsp3) is 0.412. The van der Waals surface area contributed by atoms with E-state index in [1.165, 1.54) is 6.33 Å². The maximum Gasteiger partial charge on any atom is 0.353 e. The lowest BCUT2D eigenvalue weighted by atomic mass is 10.2. The summed E-state index contributed by atoms with van der Waals surface area (Å²) >= 11 is 0. The summed E-state index contributed by atoms with van der Waals surface area (Å²) in [5, 5.41) is 17.6. The van der Waals surface area contributed by atoms with E-state index in [0.717, 1.165) is 25.0 Å². The molecule has 0 bridgehead atoms. The summed E-state index contributed by atoms with van der Waals surface area (Å²) in [4.78, 5) is 19.2. The van der Waals surface area contributed by atoms with E-state index in [-0.39, 0.29) is 30.2 Å². The lowest BCUT2D eigenvalue weighted by Crippen LogP contribution is -2.20. The van der Waals surface area contributed by atoms with Crippen LogP contribution in [0.2, 0.25) is 0 Å². The number of fused-ring (bicyclic) bond motifs is 1. The maximum absolute atomic E-state index is 11.6. The van der Waals surface area contributed by atoms with Crippen LogP contribution in [-0.2, 0) is 11.3 Å². The summed E-state index contributed by atoms with van der Waals surface area (Å²) in [5.41, 5.74) is 0.706. The molecule has 1 aromatic carbocycles. The third-order valence-corrected chi connectivity index (χ3v) is 4.42. The second-order valence-electron chi connectivity index (χ2n) is 6.23. The Morgan fingerprint density at radius 1 is 1.19 bits per heavy atom. The highest BCUT2D eigenvalue weighted by atomic mass is 16.7. The van der Waals surface area contributed by atoms with Crippen molar-refractivity contribution in [3.05, 3.63) is 40.2 Å². The minimum absolute atomic E-state index is 0.0459. The van der Waals surface area contributed by atoms with Gasteiger partial charge in [0.25, 0.3) is 0 Å². The van der Waals surface area contributed by atoms with Crippen molar-refractivity contribution < 1.29 is 19.1 Å². The number of nitro groups is 1. The first-order chi connectivity index (χ1) is 13.2. The number of aromatic nitrogens is 2. The van der Waals surface area contributed by atoms with Gasteiger partial charge in [-0.15, -0.1) is 0 Å². The van der Waals surface area contributed by atoms with Gasteiger partial charge >= 0.3 is 5.69 Å². The quantitative estimate of drug-likeness (QED) is 0.556. The van der Waals surface area contributed by atoms with Gasteiger partial charge in [0.1, 0.15) is 6.33 Å². The van der Waals surface area contributed by atoms with Gasteiger partial charge in [-0.25, -0.2) is 9.97 Å².